The van der Waals surface area contributed by atoms with Crippen LogP contribution in [0.5, 0.6) is 5.75 Å². The van der Waals surface area contributed by atoms with E-state index in [1.807, 2.05) is 24.3 Å². The van der Waals surface area contributed by atoms with E-state index in [0.717, 1.165) is 17.7 Å². The summed E-state index contributed by atoms with van der Waals surface area (Å²) >= 11 is 0. The highest BCUT2D eigenvalue weighted by atomic mass is 16.5. The fourth-order valence-corrected chi connectivity index (χ4v) is 1.80. The molecule has 0 aromatic heterocycles. The van der Waals surface area contributed by atoms with E-state index in [1.54, 1.807) is 6.92 Å². The molecule has 82 valence electrons. The second-order valence-electron chi connectivity index (χ2n) is 3.58. The number of hydrogen-bond acceptors (Lipinski definition) is 2. The number of carbonyl (C=O) groups excluding carboxylic acids is 1. The van der Waals surface area contributed by atoms with Crippen molar-refractivity contribution in [2.45, 2.75) is 19.4 Å². The molecule has 1 unspecified atom stereocenters. The van der Waals surface area contributed by atoms with E-state index in [1.165, 1.54) is 0 Å². The molecule has 0 fully saturated rings. The first-order valence-corrected chi connectivity index (χ1v) is 5.26. The molecule has 0 aliphatic carbocycles. The first kappa shape index (κ1) is 10.6. The van der Waals surface area contributed by atoms with Gasteiger partial charge in [-0.1, -0.05) is 24.1 Å². The van der Waals surface area contributed by atoms with Crippen molar-refractivity contribution in [2.75, 3.05) is 6.61 Å². The zero-order valence-corrected chi connectivity index (χ0v) is 9.12. The highest BCUT2D eigenvalue weighted by Gasteiger charge is 2.21. The van der Waals surface area contributed by atoms with Gasteiger partial charge in [0.1, 0.15) is 5.75 Å². The van der Waals surface area contributed by atoms with Gasteiger partial charge in [-0.15, -0.1) is 0 Å². The summed E-state index contributed by atoms with van der Waals surface area (Å²) in [5, 5.41) is 2.88. The molecule has 0 bridgehead atoms. The van der Waals surface area contributed by atoms with Gasteiger partial charge in [-0.3, -0.25) is 4.79 Å². The van der Waals surface area contributed by atoms with Gasteiger partial charge in [0, 0.05) is 12.0 Å². The van der Waals surface area contributed by atoms with Gasteiger partial charge in [0.2, 0.25) is 0 Å². The number of rotatable bonds is 1. The summed E-state index contributed by atoms with van der Waals surface area (Å²) in [4.78, 5) is 11.4. The minimum absolute atomic E-state index is 0.0123. The molecule has 16 heavy (non-hydrogen) atoms. The Balaban J connectivity index is 2.18. The molecule has 1 aliphatic heterocycles. The van der Waals surface area contributed by atoms with Crippen molar-refractivity contribution in [3.05, 3.63) is 29.8 Å². The van der Waals surface area contributed by atoms with Crippen molar-refractivity contribution in [3.63, 3.8) is 0 Å². The summed E-state index contributed by atoms with van der Waals surface area (Å²) in [6.07, 6.45) is 0.786. The highest BCUT2D eigenvalue weighted by Crippen LogP contribution is 2.31. The Morgan fingerprint density at radius 2 is 2.31 bits per heavy atom. The third-order valence-corrected chi connectivity index (χ3v) is 2.50. The lowest BCUT2D eigenvalue weighted by atomic mass is 10.0. The Labute approximate surface area is 94.8 Å². The minimum Gasteiger partial charge on any atom is -0.493 e. The van der Waals surface area contributed by atoms with Crippen LogP contribution in [-0.2, 0) is 4.79 Å². The predicted octanol–water partition coefficient (Wildman–Crippen LogP) is 1.65. The van der Waals surface area contributed by atoms with Crippen LogP contribution in [0.25, 0.3) is 0 Å². The van der Waals surface area contributed by atoms with Crippen LogP contribution in [0.3, 0.4) is 0 Å². The van der Waals surface area contributed by atoms with Gasteiger partial charge in [-0.05, 0) is 18.9 Å². The van der Waals surface area contributed by atoms with E-state index < -0.39 is 0 Å². The predicted molar refractivity (Wildman–Crippen MR) is 60.9 cm³/mol. The number of benzene rings is 1. The molecule has 0 spiro atoms. The lowest BCUT2D eigenvalue weighted by Crippen LogP contribution is -2.31. The van der Waals surface area contributed by atoms with Crippen LogP contribution in [-0.4, -0.2) is 12.5 Å². The molecule has 1 aliphatic rings. The third kappa shape index (κ3) is 2.17. The number of carbonyl (C=O) groups is 1. The van der Waals surface area contributed by atoms with E-state index in [9.17, 15) is 4.79 Å². The van der Waals surface area contributed by atoms with E-state index in [0.29, 0.717) is 6.61 Å². The lowest BCUT2D eigenvalue weighted by molar-refractivity contribution is -0.116. The maximum absolute atomic E-state index is 11.4. The number of hydrogen-bond donors (Lipinski definition) is 1. The zero-order chi connectivity index (χ0) is 11.4. The summed E-state index contributed by atoms with van der Waals surface area (Å²) in [6, 6.07) is 7.77. The van der Waals surface area contributed by atoms with Crippen LogP contribution in [0.2, 0.25) is 0 Å². The van der Waals surface area contributed by atoms with Crippen molar-refractivity contribution in [3.8, 4) is 17.6 Å². The first-order chi connectivity index (χ1) is 7.81. The molecule has 0 saturated heterocycles. The summed E-state index contributed by atoms with van der Waals surface area (Å²) in [6.45, 7) is 2.28. The zero-order valence-electron chi connectivity index (χ0n) is 9.12. The molecule has 3 heteroatoms. The average molecular weight is 215 g/mol. The van der Waals surface area contributed by atoms with Crippen molar-refractivity contribution in [2.24, 2.45) is 0 Å². The van der Waals surface area contributed by atoms with Crippen LogP contribution < -0.4 is 10.1 Å². The molecule has 1 aromatic rings. The van der Waals surface area contributed by atoms with Crippen LogP contribution in [0, 0.1) is 11.8 Å². The monoisotopic (exact) mass is 215 g/mol. The van der Waals surface area contributed by atoms with Crippen LogP contribution in [0.15, 0.2) is 24.3 Å². The first-order valence-electron chi connectivity index (χ1n) is 5.26. The van der Waals surface area contributed by atoms with Gasteiger partial charge in [-0.25, -0.2) is 0 Å². The number of fused-ring (bicyclic) bond motifs is 1. The maximum atomic E-state index is 11.4. The lowest BCUT2D eigenvalue weighted by Gasteiger charge is -2.25. The summed E-state index contributed by atoms with van der Waals surface area (Å²) in [7, 11) is 0. The van der Waals surface area contributed by atoms with E-state index in [4.69, 9.17) is 4.74 Å². The fraction of sp³-hybridized carbons (Fsp3) is 0.308. The van der Waals surface area contributed by atoms with E-state index >= 15 is 0 Å². The molecular weight excluding hydrogens is 202 g/mol. The van der Waals surface area contributed by atoms with Crippen molar-refractivity contribution < 1.29 is 9.53 Å². The largest absolute Gasteiger partial charge is 0.493 e. The number of para-hydroxylation sites is 1. The summed E-state index contributed by atoms with van der Waals surface area (Å²) < 4.78 is 5.51. The molecule has 1 heterocycles. The number of nitrogens with one attached hydrogen (secondary N) is 1. The van der Waals surface area contributed by atoms with Crippen LogP contribution in [0.4, 0.5) is 0 Å². The standard InChI is InChI=1S/C13H13NO2/c1-2-5-13(15)14-11-8-9-16-12-7-4-3-6-10(11)12/h3-4,6-7,11H,8-9H2,1H3,(H,14,15). The normalized spacial score (nSPS) is 17.4. The average Bonchev–Trinajstić information content (AvgIpc) is 2.30. The molecule has 1 atom stereocenters. The van der Waals surface area contributed by atoms with Crippen molar-refractivity contribution in [1.29, 1.82) is 0 Å². The maximum Gasteiger partial charge on any atom is 0.296 e. The van der Waals surface area contributed by atoms with Crippen molar-refractivity contribution in [1.82, 2.24) is 5.32 Å². The van der Waals surface area contributed by atoms with Gasteiger partial charge in [0.25, 0.3) is 5.91 Å². The smallest absolute Gasteiger partial charge is 0.296 e. The van der Waals surface area contributed by atoms with Gasteiger partial charge < -0.3 is 10.1 Å². The number of amides is 1. The Morgan fingerprint density at radius 1 is 1.50 bits per heavy atom. The van der Waals surface area contributed by atoms with Gasteiger partial charge in [0.15, 0.2) is 0 Å². The van der Waals surface area contributed by atoms with Crippen LogP contribution in [0.1, 0.15) is 24.9 Å². The number of ether oxygens (including phenoxy) is 1. The highest BCUT2D eigenvalue weighted by molar-refractivity contribution is 5.93. The third-order valence-electron chi connectivity index (χ3n) is 2.50. The summed E-state index contributed by atoms with van der Waals surface area (Å²) in [5.41, 5.74) is 1.03. The quantitative estimate of drug-likeness (QED) is 0.723. The van der Waals surface area contributed by atoms with Crippen LogP contribution >= 0.6 is 0 Å². The summed E-state index contributed by atoms with van der Waals surface area (Å²) in [5.74, 6) is 5.69. The van der Waals surface area contributed by atoms with E-state index in [-0.39, 0.29) is 11.9 Å². The second kappa shape index (κ2) is 4.71. The molecule has 1 aromatic carbocycles. The SMILES string of the molecule is CC#CC(=O)NC1CCOc2ccccc21. The molecule has 0 radical (unpaired) electrons. The molecule has 2 rings (SSSR count). The van der Waals surface area contributed by atoms with Gasteiger partial charge in [0.05, 0.1) is 12.6 Å². The Kier molecular flexibility index (Phi) is 3.11. The molecule has 1 amide bonds. The molecule has 1 N–H and O–H groups in total. The van der Waals surface area contributed by atoms with Gasteiger partial charge >= 0.3 is 0 Å². The Bertz CT molecular complexity index is 456. The van der Waals surface area contributed by atoms with Gasteiger partial charge in [-0.2, -0.15) is 0 Å². The van der Waals surface area contributed by atoms with Crippen molar-refractivity contribution >= 4 is 5.91 Å². The minimum atomic E-state index is -0.232. The Morgan fingerprint density at radius 3 is 3.12 bits per heavy atom. The fourth-order valence-electron chi connectivity index (χ4n) is 1.80. The second-order valence-corrected chi connectivity index (χ2v) is 3.58. The molecule has 3 nitrogen and oxygen atoms in total. The molecule has 0 saturated carbocycles. The molecular formula is C13H13NO2. The topological polar surface area (TPSA) is 38.3 Å². The van der Waals surface area contributed by atoms with E-state index in [2.05, 4.69) is 17.2 Å². The Hall–Kier alpha value is -1.95.